The molecule has 0 atom stereocenters. The van der Waals surface area contributed by atoms with E-state index in [0.29, 0.717) is 0 Å². The molecule has 0 N–H and O–H groups in total. The van der Waals surface area contributed by atoms with E-state index >= 15 is 0 Å². The largest absolute Gasteiger partial charge is 0.509 e. The Hall–Kier alpha value is -4.27. The molecule has 5 aromatic carbocycles. The Morgan fingerprint density at radius 2 is 0.575 bits per heavy atom. The van der Waals surface area contributed by atoms with E-state index in [1.807, 2.05) is 121 Å². The zero-order chi connectivity index (χ0) is 27.7. The summed E-state index contributed by atoms with van der Waals surface area (Å²) in [6, 6.07) is 49.7. The van der Waals surface area contributed by atoms with E-state index in [1.165, 1.54) is 0 Å². The molecule has 5 rings (SSSR count). The van der Waals surface area contributed by atoms with Gasteiger partial charge in [0.05, 0.1) is 0 Å². The Morgan fingerprint density at radius 3 is 0.775 bits per heavy atom. The maximum atomic E-state index is 6.75. The first-order valence-electron chi connectivity index (χ1n) is 13.7. The molecule has 5 aromatic rings. The minimum atomic E-state index is -2.93. The molecule has 0 heterocycles. The van der Waals surface area contributed by atoms with Crippen molar-refractivity contribution in [3.8, 4) is 23.0 Å². The molecule has 0 aromatic heterocycles. The van der Waals surface area contributed by atoms with Crippen LogP contribution in [-0.4, -0.2) is 17.1 Å². The maximum Gasteiger partial charge on any atom is 0.495 e. The molecule has 0 aliphatic rings. The molecule has 0 radical (unpaired) electrons. The highest BCUT2D eigenvalue weighted by Gasteiger charge is 2.46. The van der Waals surface area contributed by atoms with Crippen LogP contribution < -0.4 is 28.1 Å². The topological polar surface area (TPSA) is 36.9 Å². The zero-order valence-corrected chi connectivity index (χ0v) is 24.9. The van der Waals surface area contributed by atoms with Gasteiger partial charge in [0.15, 0.2) is 0 Å². The van der Waals surface area contributed by atoms with E-state index in [-0.39, 0.29) is 0 Å². The Bertz CT molecular complexity index is 1250. The Labute approximate surface area is 239 Å². The monoisotopic (exact) mass is 562 g/mol. The van der Waals surface area contributed by atoms with Gasteiger partial charge in [0.1, 0.15) is 23.0 Å². The average Bonchev–Trinajstić information content (AvgIpc) is 3.02. The summed E-state index contributed by atoms with van der Waals surface area (Å²) in [5.74, 6) is 3.20. The molecule has 6 heteroatoms. The lowest BCUT2D eigenvalue weighted by Crippen LogP contribution is -2.61. The third-order valence-electron chi connectivity index (χ3n) is 6.80. The summed E-state index contributed by atoms with van der Waals surface area (Å²) in [6.45, 7) is 4.27. The van der Waals surface area contributed by atoms with Gasteiger partial charge in [0, 0.05) is 22.5 Å². The summed E-state index contributed by atoms with van der Waals surface area (Å²) < 4.78 is 27.0. The SMILES string of the molecule is CC[Si](Oc1ccccc1)(Oc1ccccc1)c1ccc([Si](CC)(Oc2ccccc2)Oc2ccccc2)cc1. The molecule has 0 aliphatic heterocycles. The van der Waals surface area contributed by atoms with Crippen molar-refractivity contribution in [1.82, 2.24) is 0 Å². The summed E-state index contributed by atoms with van der Waals surface area (Å²) in [6.07, 6.45) is 0. The maximum absolute atomic E-state index is 6.75. The molecule has 202 valence electrons. The van der Waals surface area contributed by atoms with Gasteiger partial charge >= 0.3 is 17.1 Å². The molecule has 0 bridgehead atoms. The fourth-order valence-electron chi connectivity index (χ4n) is 4.67. The molecular formula is C34H34O4Si2. The molecule has 0 spiro atoms. The summed E-state index contributed by atoms with van der Waals surface area (Å²) in [7, 11) is -5.87. The predicted octanol–water partition coefficient (Wildman–Crippen LogP) is 7.34. The summed E-state index contributed by atoms with van der Waals surface area (Å²) >= 11 is 0. The summed E-state index contributed by atoms with van der Waals surface area (Å²) in [5.41, 5.74) is 0. The Balaban J connectivity index is 1.55. The fourth-order valence-corrected chi connectivity index (χ4v) is 10.0. The van der Waals surface area contributed by atoms with E-state index in [0.717, 1.165) is 45.5 Å². The van der Waals surface area contributed by atoms with E-state index in [9.17, 15) is 0 Å². The van der Waals surface area contributed by atoms with E-state index in [2.05, 4.69) is 38.1 Å². The highest BCUT2D eigenvalue weighted by Crippen LogP contribution is 2.25. The van der Waals surface area contributed by atoms with Crippen molar-refractivity contribution in [2.45, 2.75) is 25.9 Å². The highest BCUT2D eigenvalue weighted by atomic mass is 28.4. The second kappa shape index (κ2) is 12.7. The van der Waals surface area contributed by atoms with Crippen molar-refractivity contribution in [2.75, 3.05) is 0 Å². The van der Waals surface area contributed by atoms with Crippen molar-refractivity contribution in [3.63, 3.8) is 0 Å². The number of para-hydroxylation sites is 4. The lowest BCUT2D eigenvalue weighted by molar-refractivity contribution is 0.398. The minimum absolute atomic E-state index is 0.730. The molecule has 0 fully saturated rings. The normalized spacial score (nSPS) is 11.4. The third-order valence-corrected chi connectivity index (χ3v) is 13.3. The smallest absolute Gasteiger partial charge is 0.495 e. The van der Waals surface area contributed by atoms with Crippen LogP contribution in [0.5, 0.6) is 23.0 Å². The minimum Gasteiger partial charge on any atom is -0.509 e. The van der Waals surface area contributed by atoms with Crippen molar-refractivity contribution >= 4 is 27.5 Å². The van der Waals surface area contributed by atoms with E-state index < -0.39 is 17.1 Å². The van der Waals surface area contributed by atoms with Crippen LogP contribution in [0, 0.1) is 0 Å². The van der Waals surface area contributed by atoms with Gasteiger partial charge < -0.3 is 17.7 Å². The zero-order valence-electron chi connectivity index (χ0n) is 22.9. The second-order valence-electron chi connectivity index (χ2n) is 9.45. The lowest BCUT2D eigenvalue weighted by Gasteiger charge is -2.33. The lowest BCUT2D eigenvalue weighted by atomic mass is 10.3. The Morgan fingerprint density at radius 1 is 0.350 bits per heavy atom. The number of hydrogen-bond donors (Lipinski definition) is 0. The van der Waals surface area contributed by atoms with Crippen LogP contribution in [0.1, 0.15) is 13.8 Å². The van der Waals surface area contributed by atoms with Crippen LogP contribution in [0.15, 0.2) is 146 Å². The van der Waals surface area contributed by atoms with Crippen molar-refractivity contribution < 1.29 is 17.7 Å². The van der Waals surface area contributed by atoms with Crippen LogP contribution in [0.2, 0.25) is 12.1 Å². The molecule has 0 saturated carbocycles. The van der Waals surface area contributed by atoms with Crippen molar-refractivity contribution in [3.05, 3.63) is 146 Å². The number of rotatable bonds is 12. The molecule has 0 amide bonds. The van der Waals surface area contributed by atoms with Gasteiger partial charge in [-0.05, 0) is 48.5 Å². The molecule has 0 unspecified atom stereocenters. The van der Waals surface area contributed by atoms with Crippen LogP contribution in [-0.2, 0) is 0 Å². The second-order valence-corrected chi connectivity index (χ2v) is 15.8. The quantitative estimate of drug-likeness (QED) is 0.149. The van der Waals surface area contributed by atoms with Crippen LogP contribution in [0.25, 0.3) is 0 Å². The van der Waals surface area contributed by atoms with Crippen molar-refractivity contribution in [1.29, 1.82) is 0 Å². The van der Waals surface area contributed by atoms with Gasteiger partial charge in [-0.15, -0.1) is 0 Å². The van der Waals surface area contributed by atoms with E-state index in [4.69, 9.17) is 17.7 Å². The molecular weight excluding hydrogens is 529 g/mol. The van der Waals surface area contributed by atoms with Gasteiger partial charge in [-0.25, -0.2) is 0 Å². The molecule has 40 heavy (non-hydrogen) atoms. The first-order chi connectivity index (χ1) is 19.6. The van der Waals surface area contributed by atoms with E-state index in [1.54, 1.807) is 0 Å². The first-order valence-corrected chi connectivity index (χ1v) is 17.8. The number of benzene rings is 5. The van der Waals surface area contributed by atoms with Gasteiger partial charge in [0.2, 0.25) is 0 Å². The molecule has 4 nitrogen and oxygen atoms in total. The Kier molecular flexibility index (Phi) is 8.69. The first kappa shape index (κ1) is 27.3. The standard InChI is InChI=1S/C34H34O4Si2/c1-3-39(35-29-17-9-5-10-18-29,36-30-19-11-6-12-20-30)33-25-27-34(28-26-33)40(4-2,37-31-21-13-7-14-22-31)38-32-23-15-8-16-24-32/h5-28H,3-4H2,1-2H3. The summed E-state index contributed by atoms with van der Waals surface area (Å²) in [5, 5.41) is 2.09. The van der Waals surface area contributed by atoms with Gasteiger partial charge in [-0.2, -0.15) is 0 Å². The predicted molar refractivity (Wildman–Crippen MR) is 166 cm³/mol. The average molecular weight is 563 g/mol. The van der Waals surface area contributed by atoms with Gasteiger partial charge in [-0.3, -0.25) is 0 Å². The van der Waals surface area contributed by atoms with Crippen molar-refractivity contribution in [2.24, 2.45) is 0 Å². The molecule has 0 aliphatic carbocycles. The third kappa shape index (κ3) is 6.30. The van der Waals surface area contributed by atoms with Crippen LogP contribution in [0.4, 0.5) is 0 Å². The van der Waals surface area contributed by atoms with Crippen LogP contribution in [0.3, 0.4) is 0 Å². The molecule has 0 saturated heterocycles. The van der Waals surface area contributed by atoms with Gasteiger partial charge in [0.25, 0.3) is 0 Å². The fraction of sp³-hybridized carbons (Fsp3) is 0.118. The number of hydrogen-bond acceptors (Lipinski definition) is 4. The van der Waals surface area contributed by atoms with Crippen LogP contribution >= 0.6 is 0 Å². The highest BCUT2D eigenvalue weighted by molar-refractivity contribution is 6.84. The van der Waals surface area contributed by atoms with Gasteiger partial charge in [-0.1, -0.05) is 111 Å². The summed E-state index contributed by atoms with van der Waals surface area (Å²) in [4.78, 5) is 0.